The smallest absolute Gasteiger partial charge is 0.199 e. The summed E-state index contributed by atoms with van der Waals surface area (Å²) in [4.78, 5) is -0.0660. The molecule has 4 rings (SSSR count). The Bertz CT molecular complexity index is 1020. The summed E-state index contributed by atoms with van der Waals surface area (Å²) in [5.74, 6) is -0.999. The molecule has 2 aromatic carbocycles. The molecule has 142 valence electrons. The molecule has 0 amide bonds. The molecule has 2 aromatic rings. The molecule has 27 heavy (non-hydrogen) atoms. The summed E-state index contributed by atoms with van der Waals surface area (Å²) >= 11 is 0. The Morgan fingerprint density at radius 2 is 1.33 bits per heavy atom. The second-order valence-corrected chi connectivity index (χ2v) is 11.8. The zero-order valence-electron chi connectivity index (χ0n) is 14.4. The summed E-state index contributed by atoms with van der Waals surface area (Å²) in [5.41, 5.74) is 0.255. The highest BCUT2D eigenvalue weighted by atomic mass is 32.3. The van der Waals surface area contributed by atoms with Gasteiger partial charge >= 0.3 is 0 Å². The van der Waals surface area contributed by atoms with Crippen molar-refractivity contribution in [2.75, 3.05) is 0 Å². The zero-order valence-corrected chi connectivity index (χ0v) is 16.0. The van der Waals surface area contributed by atoms with E-state index in [9.17, 15) is 22.0 Å². The van der Waals surface area contributed by atoms with Crippen LogP contribution in [0.1, 0.15) is 19.3 Å². The highest BCUT2D eigenvalue weighted by Gasteiger charge is 2.69. The van der Waals surface area contributed by atoms with E-state index < -0.39 is 29.7 Å². The fourth-order valence-corrected chi connectivity index (χ4v) is 10.3. The van der Waals surface area contributed by atoms with Crippen molar-refractivity contribution in [3.05, 3.63) is 60.7 Å². The number of benzene rings is 2. The van der Waals surface area contributed by atoms with Crippen molar-refractivity contribution in [1.82, 2.24) is 0 Å². The van der Waals surface area contributed by atoms with Gasteiger partial charge in [0.15, 0.2) is 23.8 Å². The minimum atomic E-state index is -4.26. The highest BCUT2D eigenvalue weighted by molar-refractivity contribution is 8.10. The van der Waals surface area contributed by atoms with Crippen molar-refractivity contribution in [3.63, 3.8) is 0 Å². The third-order valence-corrected chi connectivity index (χ3v) is 11.5. The predicted molar refractivity (Wildman–Crippen MR) is 100 cm³/mol. The normalized spacial score (nSPS) is 25.7. The van der Waals surface area contributed by atoms with Gasteiger partial charge in [-0.25, -0.2) is 16.8 Å². The Balaban J connectivity index is 2.02. The summed E-state index contributed by atoms with van der Waals surface area (Å²) in [6.45, 7) is 0. The summed E-state index contributed by atoms with van der Waals surface area (Å²) in [5, 5.41) is 12.7. The average molecular weight is 405 g/mol. The summed E-state index contributed by atoms with van der Waals surface area (Å²) in [6, 6.07) is 15.3. The minimum absolute atomic E-state index is 0.00510. The van der Waals surface area contributed by atoms with E-state index in [2.05, 4.69) is 5.16 Å². The van der Waals surface area contributed by atoms with Crippen molar-refractivity contribution in [2.24, 2.45) is 17.0 Å². The largest absolute Gasteiger partial charge is 0.411 e. The van der Waals surface area contributed by atoms with Crippen molar-refractivity contribution in [1.29, 1.82) is 0 Å². The molecule has 2 aliphatic carbocycles. The molecule has 2 bridgehead atoms. The molecule has 0 saturated heterocycles. The molecular weight excluding hydrogens is 386 g/mol. The van der Waals surface area contributed by atoms with Gasteiger partial charge in [0, 0.05) is 5.92 Å². The van der Waals surface area contributed by atoms with E-state index in [0.29, 0.717) is 12.8 Å². The summed E-state index contributed by atoms with van der Waals surface area (Å²) in [6.07, 6.45) is 0.820. The van der Waals surface area contributed by atoms with Crippen molar-refractivity contribution in [2.45, 2.75) is 33.1 Å². The molecule has 2 aliphatic rings. The van der Waals surface area contributed by atoms with Gasteiger partial charge in [-0.15, -0.1) is 0 Å². The molecule has 0 spiro atoms. The van der Waals surface area contributed by atoms with Gasteiger partial charge in [-0.1, -0.05) is 41.6 Å². The number of fused-ring (bicyclic) bond motifs is 2. The van der Waals surface area contributed by atoms with Crippen LogP contribution < -0.4 is 0 Å². The lowest BCUT2D eigenvalue weighted by Gasteiger charge is -2.36. The fourth-order valence-electron chi connectivity index (χ4n) is 4.57. The van der Waals surface area contributed by atoms with Crippen LogP contribution in [0.15, 0.2) is 75.6 Å². The van der Waals surface area contributed by atoms with E-state index in [-0.39, 0.29) is 27.8 Å². The van der Waals surface area contributed by atoms with E-state index in [4.69, 9.17) is 0 Å². The van der Waals surface area contributed by atoms with Gasteiger partial charge in [-0.05, 0) is 49.4 Å². The first kappa shape index (κ1) is 18.2. The van der Waals surface area contributed by atoms with E-state index >= 15 is 0 Å². The van der Waals surface area contributed by atoms with Crippen LogP contribution in [0.3, 0.4) is 0 Å². The number of nitrogens with zero attached hydrogens (tertiary/aromatic N) is 1. The number of rotatable bonds is 4. The first-order chi connectivity index (χ1) is 12.8. The van der Waals surface area contributed by atoms with Crippen molar-refractivity contribution in [3.8, 4) is 0 Å². The van der Waals surface area contributed by atoms with Gasteiger partial charge in [0.1, 0.15) is 0 Å². The Kier molecular flexibility index (Phi) is 4.16. The van der Waals surface area contributed by atoms with Crippen LogP contribution in [-0.2, 0) is 19.7 Å². The van der Waals surface area contributed by atoms with Gasteiger partial charge in [0.2, 0.25) is 0 Å². The Morgan fingerprint density at radius 1 is 0.852 bits per heavy atom. The van der Waals surface area contributed by atoms with E-state index in [1.807, 2.05) is 0 Å². The van der Waals surface area contributed by atoms with E-state index in [1.54, 1.807) is 36.4 Å². The van der Waals surface area contributed by atoms with Crippen LogP contribution in [0.2, 0.25) is 0 Å². The SMILES string of the molecule is O=S(=O)(c1ccccc1)C1(S(=O)(=O)c2ccccc2)CC2C/C(=N\O)C1C2. The summed E-state index contributed by atoms with van der Waals surface area (Å²) in [7, 11) is -8.52. The lowest BCUT2D eigenvalue weighted by Crippen LogP contribution is -2.53. The van der Waals surface area contributed by atoms with Crippen LogP contribution in [-0.4, -0.2) is 31.8 Å². The monoisotopic (exact) mass is 405 g/mol. The predicted octanol–water partition coefficient (Wildman–Crippen LogP) is 2.89. The van der Waals surface area contributed by atoms with Crippen LogP contribution >= 0.6 is 0 Å². The van der Waals surface area contributed by atoms with Crippen molar-refractivity contribution < 1.29 is 22.0 Å². The van der Waals surface area contributed by atoms with Crippen LogP contribution in [0.4, 0.5) is 0 Å². The van der Waals surface area contributed by atoms with Crippen LogP contribution in [0.5, 0.6) is 0 Å². The Labute approximate surface area is 158 Å². The third kappa shape index (κ3) is 2.39. The molecule has 0 heterocycles. The first-order valence-corrected chi connectivity index (χ1v) is 11.6. The molecule has 0 radical (unpaired) electrons. The van der Waals surface area contributed by atoms with E-state index in [0.717, 1.165) is 0 Å². The molecule has 0 aromatic heterocycles. The lowest BCUT2D eigenvalue weighted by atomic mass is 9.97. The minimum Gasteiger partial charge on any atom is -0.411 e. The molecule has 6 nitrogen and oxygen atoms in total. The molecule has 1 N–H and O–H groups in total. The van der Waals surface area contributed by atoms with Gasteiger partial charge in [-0.3, -0.25) is 0 Å². The second-order valence-electron chi connectivity index (χ2n) is 7.10. The Hall–Kier alpha value is -2.19. The standard InChI is InChI=1S/C19H19NO5S2/c21-20-18-12-14-11-17(18)19(13-14,26(22,23)15-7-3-1-4-8-15)27(24,25)16-9-5-2-6-10-16/h1-10,14,17,21H,11-13H2/b20-18+. The molecule has 2 unspecified atom stereocenters. The molecule has 2 fully saturated rings. The second kappa shape index (κ2) is 6.17. The van der Waals surface area contributed by atoms with Gasteiger partial charge in [0.25, 0.3) is 0 Å². The zero-order chi connectivity index (χ0) is 19.3. The average Bonchev–Trinajstić information content (AvgIpc) is 3.28. The fraction of sp³-hybridized carbons (Fsp3) is 0.316. The highest BCUT2D eigenvalue weighted by Crippen LogP contribution is 2.58. The number of hydrogen-bond acceptors (Lipinski definition) is 6. The van der Waals surface area contributed by atoms with Crippen LogP contribution in [0.25, 0.3) is 0 Å². The maximum absolute atomic E-state index is 13.7. The third-order valence-electron chi connectivity index (χ3n) is 5.72. The lowest BCUT2D eigenvalue weighted by molar-refractivity contribution is 0.312. The Morgan fingerprint density at radius 3 is 1.74 bits per heavy atom. The number of sulfone groups is 2. The summed E-state index contributed by atoms with van der Waals surface area (Å²) < 4.78 is 52.8. The number of oxime groups is 1. The molecule has 2 atom stereocenters. The maximum Gasteiger partial charge on any atom is 0.199 e. The van der Waals surface area contributed by atoms with Gasteiger partial charge in [-0.2, -0.15) is 0 Å². The van der Waals surface area contributed by atoms with Gasteiger partial charge < -0.3 is 5.21 Å². The maximum atomic E-state index is 13.7. The van der Waals surface area contributed by atoms with E-state index in [1.165, 1.54) is 24.3 Å². The quantitative estimate of drug-likeness (QED) is 0.623. The molecule has 2 saturated carbocycles. The molecular formula is C19H19NO5S2. The topological polar surface area (TPSA) is 101 Å². The number of hydrogen-bond donors (Lipinski definition) is 1. The van der Waals surface area contributed by atoms with Gasteiger partial charge in [0.05, 0.1) is 15.5 Å². The molecule has 8 heteroatoms. The van der Waals surface area contributed by atoms with Crippen molar-refractivity contribution >= 4 is 25.4 Å². The first-order valence-electron chi connectivity index (χ1n) is 8.65. The molecule has 0 aliphatic heterocycles. The van der Waals surface area contributed by atoms with Crippen LogP contribution in [0, 0.1) is 11.8 Å².